The third kappa shape index (κ3) is 4.74. The molecule has 0 bridgehead atoms. The van der Waals surface area contributed by atoms with Crippen LogP contribution in [0.1, 0.15) is 19.2 Å². The van der Waals surface area contributed by atoms with Crippen molar-refractivity contribution in [3.05, 3.63) is 41.6 Å². The van der Waals surface area contributed by atoms with Crippen molar-refractivity contribution in [3.8, 4) is 22.3 Å². The molecular formula is C19H18F2N4O4S. The topological polar surface area (TPSA) is 89.7 Å². The second-order valence-electron chi connectivity index (χ2n) is 6.57. The standard InChI is InChI=1S/C19H18F2N4O4S/c1-2-7-25(11-17-23-24-18(27-17)15-4-3-8-30-15)10-16(26)22-12-5-6-13-14(9-12)29-19(20,21)28-13/h3-6,8-9H,2,7,10-11H2,1H3,(H,22,26). The summed E-state index contributed by atoms with van der Waals surface area (Å²) in [5.74, 6) is 0.328. The highest BCUT2D eigenvalue weighted by atomic mass is 32.1. The lowest BCUT2D eigenvalue weighted by molar-refractivity contribution is -0.286. The lowest BCUT2D eigenvalue weighted by Gasteiger charge is -2.19. The second-order valence-corrected chi connectivity index (χ2v) is 7.51. The molecule has 0 radical (unpaired) electrons. The van der Waals surface area contributed by atoms with Gasteiger partial charge in [-0.05, 0) is 36.5 Å². The molecule has 4 rings (SSSR count). The number of aromatic nitrogens is 2. The zero-order chi connectivity index (χ0) is 21.1. The van der Waals surface area contributed by atoms with Crippen molar-refractivity contribution >= 4 is 22.9 Å². The predicted molar refractivity (Wildman–Crippen MR) is 104 cm³/mol. The van der Waals surface area contributed by atoms with E-state index < -0.39 is 6.29 Å². The van der Waals surface area contributed by atoms with Gasteiger partial charge in [0.2, 0.25) is 11.8 Å². The van der Waals surface area contributed by atoms with Crippen molar-refractivity contribution in [1.29, 1.82) is 0 Å². The number of hydrogen-bond donors (Lipinski definition) is 1. The number of ether oxygens (including phenoxy) is 2. The quantitative estimate of drug-likeness (QED) is 0.571. The van der Waals surface area contributed by atoms with Gasteiger partial charge in [-0.2, -0.15) is 0 Å². The molecule has 0 saturated heterocycles. The Hall–Kier alpha value is -3.05. The van der Waals surface area contributed by atoms with Crippen molar-refractivity contribution in [2.24, 2.45) is 0 Å². The first-order chi connectivity index (χ1) is 14.4. The van der Waals surface area contributed by atoms with Gasteiger partial charge in [-0.3, -0.25) is 9.69 Å². The number of hydrogen-bond acceptors (Lipinski definition) is 8. The number of benzene rings is 1. The van der Waals surface area contributed by atoms with Gasteiger partial charge in [-0.15, -0.1) is 30.3 Å². The maximum absolute atomic E-state index is 13.1. The van der Waals surface area contributed by atoms with Crippen LogP contribution in [0, 0.1) is 0 Å². The van der Waals surface area contributed by atoms with Crippen LogP contribution in [0.25, 0.3) is 10.8 Å². The van der Waals surface area contributed by atoms with Gasteiger partial charge in [0.05, 0.1) is 18.0 Å². The summed E-state index contributed by atoms with van der Waals surface area (Å²) in [6, 6.07) is 7.87. The predicted octanol–water partition coefficient (Wildman–Crippen LogP) is 3.97. The van der Waals surface area contributed by atoms with Gasteiger partial charge in [-0.1, -0.05) is 13.0 Å². The molecule has 0 atom stereocenters. The molecule has 0 fully saturated rings. The smallest absolute Gasteiger partial charge is 0.419 e. The minimum absolute atomic E-state index is 0.0646. The van der Waals surface area contributed by atoms with Gasteiger partial charge >= 0.3 is 6.29 Å². The summed E-state index contributed by atoms with van der Waals surface area (Å²) in [5.41, 5.74) is 0.328. The number of anilines is 1. The molecule has 30 heavy (non-hydrogen) atoms. The fraction of sp³-hybridized carbons (Fsp3) is 0.316. The van der Waals surface area contributed by atoms with Crippen LogP contribution >= 0.6 is 11.3 Å². The third-order valence-electron chi connectivity index (χ3n) is 4.15. The van der Waals surface area contributed by atoms with Crippen LogP contribution in [-0.2, 0) is 11.3 Å². The number of nitrogens with one attached hydrogen (secondary N) is 1. The molecule has 1 amide bonds. The molecule has 1 aromatic carbocycles. The minimum atomic E-state index is -3.70. The molecule has 3 heterocycles. The van der Waals surface area contributed by atoms with E-state index in [-0.39, 0.29) is 24.0 Å². The Bertz CT molecular complexity index is 1030. The van der Waals surface area contributed by atoms with Gasteiger partial charge in [0.15, 0.2) is 11.5 Å². The highest BCUT2D eigenvalue weighted by Gasteiger charge is 2.43. The van der Waals surface area contributed by atoms with Crippen LogP contribution < -0.4 is 14.8 Å². The monoisotopic (exact) mass is 436 g/mol. The summed E-state index contributed by atoms with van der Waals surface area (Å²) in [4.78, 5) is 15.2. The number of fused-ring (bicyclic) bond motifs is 1. The van der Waals surface area contributed by atoms with Crippen LogP contribution in [0.5, 0.6) is 11.5 Å². The van der Waals surface area contributed by atoms with Crippen LogP contribution in [0.4, 0.5) is 14.5 Å². The lowest BCUT2D eigenvalue weighted by atomic mass is 10.2. The van der Waals surface area contributed by atoms with E-state index in [4.69, 9.17) is 4.42 Å². The number of thiophene rings is 1. The van der Waals surface area contributed by atoms with Crippen molar-refractivity contribution in [1.82, 2.24) is 15.1 Å². The van der Waals surface area contributed by atoms with Crippen LogP contribution in [0.2, 0.25) is 0 Å². The summed E-state index contributed by atoms with van der Waals surface area (Å²) in [6.45, 7) is 3.01. The molecule has 0 aliphatic carbocycles. The first kappa shape index (κ1) is 20.2. The molecule has 0 unspecified atom stereocenters. The summed E-state index contributed by atoms with van der Waals surface area (Å²) in [7, 11) is 0. The largest absolute Gasteiger partial charge is 0.586 e. The highest BCUT2D eigenvalue weighted by Crippen LogP contribution is 2.42. The van der Waals surface area contributed by atoms with Crippen LogP contribution in [0.3, 0.4) is 0 Å². The van der Waals surface area contributed by atoms with Crippen LogP contribution in [0.15, 0.2) is 40.1 Å². The molecule has 8 nitrogen and oxygen atoms in total. The Morgan fingerprint density at radius 2 is 2.07 bits per heavy atom. The maximum Gasteiger partial charge on any atom is 0.586 e. The molecular weight excluding hydrogens is 418 g/mol. The molecule has 3 aromatic rings. The van der Waals surface area contributed by atoms with Crippen molar-refractivity contribution in [3.63, 3.8) is 0 Å². The fourth-order valence-electron chi connectivity index (χ4n) is 2.97. The Labute approximate surface area is 174 Å². The van der Waals surface area contributed by atoms with Crippen molar-refractivity contribution in [2.45, 2.75) is 26.2 Å². The van der Waals surface area contributed by atoms with Gasteiger partial charge < -0.3 is 19.2 Å². The molecule has 1 aliphatic rings. The maximum atomic E-state index is 13.1. The summed E-state index contributed by atoms with van der Waals surface area (Å²) >= 11 is 1.50. The van der Waals surface area contributed by atoms with Gasteiger partial charge in [0, 0.05) is 11.8 Å². The Kier molecular flexibility index (Phi) is 5.64. The zero-order valence-electron chi connectivity index (χ0n) is 15.9. The number of alkyl halides is 2. The number of rotatable bonds is 8. The fourth-order valence-corrected chi connectivity index (χ4v) is 3.61. The molecule has 158 valence electrons. The third-order valence-corrected chi connectivity index (χ3v) is 5.01. The van der Waals surface area contributed by atoms with E-state index in [0.29, 0.717) is 30.6 Å². The van der Waals surface area contributed by atoms with E-state index in [9.17, 15) is 13.6 Å². The summed E-state index contributed by atoms with van der Waals surface area (Å²) < 4.78 is 40.7. The van der Waals surface area contributed by atoms with E-state index in [1.807, 2.05) is 29.3 Å². The molecule has 1 N–H and O–H groups in total. The van der Waals surface area contributed by atoms with Crippen molar-refractivity contribution in [2.75, 3.05) is 18.4 Å². The summed E-state index contributed by atoms with van der Waals surface area (Å²) in [6.07, 6.45) is -2.88. The van der Waals surface area contributed by atoms with E-state index in [1.54, 1.807) is 0 Å². The zero-order valence-corrected chi connectivity index (χ0v) is 16.7. The molecule has 11 heteroatoms. The van der Waals surface area contributed by atoms with E-state index in [1.165, 1.54) is 29.5 Å². The van der Waals surface area contributed by atoms with Gasteiger partial charge in [0.25, 0.3) is 5.89 Å². The first-order valence-electron chi connectivity index (χ1n) is 9.20. The number of nitrogens with zero attached hydrogens (tertiary/aromatic N) is 3. The molecule has 1 aliphatic heterocycles. The average Bonchev–Trinajstić information content (AvgIpc) is 3.39. The number of halogens is 2. The average molecular weight is 436 g/mol. The highest BCUT2D eigenvalue weighted by molar-refractivity contribution is 7.13. The summed E-state index contributed by atoms with van der Waals surface area (Å²) in [5, 5.41) is 12.7. The second kappa shape index (κ2) is 8.36. The minimum Gasteiger partial charge on any atom is -0.419 e. The van der Waals surface area contributed by atoms with E-state index >= 15 is 0 Å². The lowest BCUT2D eigenvalue weighted by Crippen LogP contribution is -2.33. The molecule has 2 aromatic heterocycles. The Morgan fingerprint density at radius 1 is 1.23 bits per heavy atom. The van der Waals surface area contributed by atoms with Gasteiger partial charge in [0.1, 0.15) is 0 Å². The SMILES string of the molecule is CCCN(CC(=O)Nc1ccc2c(c1)OC(F)(F)O2)Cc1nnc(-c2cccs2)o1. The first-order valence-corrected chi connectivity index (χ1v) is 10.1. The molecule has 0 saturated carbocycles. The Balaban J connectivity index is 1.37. The Morgan fingerprint density at radius 3 is 2.83 bits per heavy atom. The number of carbonyl (C=O) groups excluding carboxylic acids is 1. The van der Waals surface area contributed by atoms with Crippen LogP contribution in [-0.4, -0.2) is 40.4 Å². The molecule has 0 spiro atoms. The van der Waals surface area contributed by atoms with Crippen molar-refractivity contribution < 1.29 is 27.5 Å². The van der Waals surface area contributed by atoms with Gasteiger partial charge in [-0.25, -0.2) is 0 Å². The number of amides is 1. The normalized spacial score (nSPS) is 14.3. The number of carbonyl (C=O) groups is 1. The van der Waals surface area contributed by atoms with E-state index in [2.05, 4.69) is 25.0 Å². The van der Waals surface area contributed by atoms with E-state index in [0.717, 1.165) is 11.3 Å².